The summed E-state index contributed by atoms with van der Waals surface area (Å²) in [6.07, 6.45) is 3.39. The first-order valence-electron chi connectivity index (χ1n) is 7.67. The van der Waals surface area contributed by atoms with Crippen LogP contribution in [0, 0.1) is 13.8 Å². The summed E-state index contributed by atoms with van der Waals surface area (Å²) in [6, 6.07) is 11.4. The van der Waals surface area contributed by atoms with Crippen molar-refractivity contribution in [3.05, 3.63) is 71.2 Å². The number of pyridine rings is 2. The van der Waals surface area contributed by atoms with Crippen LogP contribution in [-0.4, -0.2) is 21.6 Å². The molecule has 3 aromatic rings. The van der Waals surface area contributed by atoms with Crippen molar-refractivity contribution in [2.24, 2.45) is 5.10 Å². The van der Waals surface area contributed by atoms with Gasteiger partial charge in [-0.15, -0.1) is 0 Å². The molecule has 1 N–H and O–H groups in total. The Balaban J connectivity index is 1.93. The molecule has 0 spiro atoms. The second-order valence-corrected chi connectivity index (χ2v) is 5.71. The van der Waals surface area contributed by atoms with Crippen molar-refractivity contribution >= 4 is 22.5 Å². The fourth-order valence-electron chi connectivity index (χ4n) is 2.51. The topological polar surface area (TPSA) is 67.2 Å². The molecule has 0 aliphatic carbocycles. The lowest BCUT2D eigenvalue weighted by atomic mass is 10.0. The van der Waals surface area contributed by atoms with Gasteiger partial charge in [0, 0.05) is 29.0 Å². The van der Waals surface area contributed by atoms with E-state index in [1.165, 1.54) is 0 Å². The summed E-state index contributed by atoms with van der Waals surface area (Å²) in [6.45, 7) is 5.71. The van der Waals surface area contributed by atoms with Gasteiger partial charge in [0.15, 0.2) is 0 Å². The lowest BCUT2D eigenvalue weighted by Gasteiger charge is -2.08. The molecular weight excluding hydrogens is 300 g/mol. The third-order valence-electron chi connectivity index (χ3n) is 3.76. The maximum Gasteiger partial charge on any atom is 0.272 e. The van der Waals surface area contributed by atoms with Crippen molar-refractivity contribution in [3.8, 4) is 0 Å². The van der Waals surface area contributed by atoms with Crippen molar-refractivity contribution in [3.63, 3.8) is 0 Å². The minimum absolute atomic E-state index is 0.246. The number of amides is 1. The van der Waals surface area contributed by atoms with Gasteiger partial charge < -0.3 is 0 Å². The SMILES string of the molecule is CC(=NNC(=O)c1cc(C)nc2ccc(C)cc12)c1ccncc1. The molecule has 0 aliphatic heterocycles. The molecule has 3 rings (SSSR count). The minimum atomic E-state index is -0.246. The van der Waals surface area contributed by atoms with Gasteiger partial charge in [-0.3, -0.25) is 14.8 Å². The molecule has 0 fully saturated rings. The first-order valence-corrected chi connectivity index (χ1v) is 7.67. The van der Waals surface area contributed by atoms with Gasteiger partial charge >= 0.3 is 0 Å². The highest BCUT2D eigenvalue weighted by Gasteiger charge is 2.12. The van der Waals surface area contributed by atoms with Crippen LogP contribution >= 0.6 is 0 Å². The molecule has 120 valence electrons. The number of hydrazone groups is 1. The molecule has 2 aromatic heterocycles. The summed E-state index contributed by atoms with van der Waals surface area (Å²) in [4.78, 5) is 21.1. The Bertz CT molecular complexity index is 933. The molecule has 0 atom stereocenters. The fraction of sp³-hybridized carbons (Fsp3) is 0.158. The predicted octanol–water partition coefficient (Wildman–Crippen LogP) is 3.40. The lowest BCUT2D eigenvalue weighted by molar-refractivity contribution is 0.0956. The van der Waals surface area contributed by atoms with Crippen LogP contribution in [0.15, 0.2) is 53.9 Å². The van der Waals surface area contributed by atoms with E-state index in [9.17, 15) is 4.79 Å². The highest BCUT2D eigenvalue weighted by atomic mass is 16.2. The van der Waals surface area contributed by atoms with Gasteiger partial charge in [-0.1, -0.05) is 11.6 Å². The molecule has 5 nitrogen and oxygen atoms in total. The van der Waals surface area contributed by atoms with Crippen molar-refractivity contribution in [2.45, 2.75) is 20.8 Å². The summed E-state index contributed by atoms with van der Waals surface area (Å²) in [5.41, 5.74) is 7.53. The van der Waals surface area contributed by atoms with E-state index in [4.69, 9.17) is 0 Å². The highest BCUT2D eigenvalue weighted by molar-refractivity contribution is 6.07. The molecule has 24 heavy (non-hydrogen) atoms. The first kappa shape index (κ1) is 15.8. The van der Waals surface area contributed by atoms with E-state index in [0.717, 1.165) is 33.4 Å². The highest BCUT2D eigenvalue weighted by Crippen LogP contribution is 2.20. The molecule has 0 saturated heterocycles. The van der Waals surface area contributed by atoms with Crippen LogP contribution < -0.4 is 5.43 Å². The zero-order valence-electron chi connectivity index (χ0n) is 13.9. The third kappa shape index (κ3) is 3.30. The summed E-state index contributed by atoms with van der Waals surface area (Å²) in [5, 5.41) is 5.03. The Kier molecular flexibility index (Phi) is 4.33. The molecule has 1 aromatic carbocycles. The number of fused-ring (bicyclic) bond motifs is 1. The largest absolute Gasteiger partial charge is 0.272 e. The van der Waals surface area contributed by atoms with Gasteiger partial charge in [0.2, 0.25) is 0 Å². The van der Waals surface area contributed by atoms with Crippen LogP contribution in [0.2, 0.25) is 0 Å². The van der Waals surface area contributed by atoms with E-state index < -0.39 is 0 Å². The van der Waals surface area contributed by atoms with Gasteiger partial charge in [-0.05, 0) is 51.1 Å². The van der Waals surface area contributed by atoms with Crippen LogP contribution in [0.5, 0.6) is 0 Å². The summed E-state index contributed by atoms with van der Waals surface area (Å²) in [5.74, 6) is -0.246. The Morgan fingerprint density at radius 3 is 2.58 bits per heavy atom. The van der Waals surface area contributed by atoms with Crippen LogP contribution in [-0.2, 0) is 0 Å². The second-order valence-electron chi connectivity index (χ2n) is 5.71. The minimum Gasteiger partial charge on any atom is -0.267 e. The Morgan fingerprint density at radius 2 is 1.83 bits per heavy atom. The van der Waals surface area contributed by atoms with E-state index in [2.05, 4.69) is 20.5 Å². The smallest absolute Gasteiger partial charge is 0.267 e. The van der Waals surface area contributed by atoms with Gasteiger partial charge in [0.25, 0.3) is 5.91 Å². The van der Waals surface area contributed by atoms with Crippen molar-refractivity contribution in [1.29, 1.82) is 0 Å². The molecule has 0 radical (unpaired) electrons. The standard InChI is InChI=1S/C19H18N4O/c1-12-4-5-18-16(10-12)17(11-13(2)21-18)19(24)23-22-14(3)15-6-8-20-9-7-15/h4-11H,1-3H3,(H,23,24). The predicted molar refractivity (Wildman–Crippen MR) is 95.1 cm³/mol. The van der Waals surface area contributed by atoms with Crippen LogP contribution in [0.4, 0.5) is 0 Å². The quantitative estimate of drug-likeness (QED) is 0.594. The van der Waals surface area contributed by atoms with E-state index in [1.807, 2.05) is 51.1 Å². The monoisotopic (exact) mass is 318 g/mol. The molecule has 0 bridgehead atoms. The van der Waals surface area contributed by atoms with E-state index in [0.29, 0.717) is 5.56 Å². The summed E-state index contributed by atoms with van der Waals surface area (Å²) < 4.78 is 0. The number of carbonyl (C=O) groups excluding carboxylic acids is 1. The number of benzene rings is 1. The van der Waals surface area contributed by atoms with Gasteiger partial charge in [-0.2, -0.15) is 5.10 Å². The number of carbonyl (C=O) groups is 1. The number of hydrogen-bond acceptors (Lipinski definition) is 4. The Morgan fingerprint density at radius 1 is 1.08 bits per heavy atom. The number of aryl methyl sites for hydroxylation is 2. The molecule has 2 heterocycles. The number of rotatable bonds is 3. The number of hydrogen-bond donors (Lipinski definition) is 1. The van der Waals surface area contributed by atoms with Gasteiger partial charge in [-0.25, -0.2) is 5.43 Å². The second kappa shape index (κ2) is 6.58. The molecule has 5 heteroatoms. The first-order chi connectivity index (χ1) is 11.5. The Labute approximate surface area is 140 Å². The number of aromatic nitrogens is 2. The fourth-order valence-corrected chi connectivity index (χ4v) is 2.51. The van der Waals surface area contributed by atoms with Gasteiger partial charge in [0.1, 0.15) is 0 Å². The maximum atomic E-state index is 12.6. The average molecular weight is 318 g/mol. The molecule has 0 saturated carbocycles. The third-order valence-corrected chi connectivity index (χ3v) is 3.76. The van der Waals surface area contributed by atoms with E-state index in [1.54, 1.807) is 18.5 Å². The maximum absolute atomic E-state index is 12.6. The van der Waals surface area contributed by atoms with Gasteiger partial charge in [0.05, 0.1) is 16.8 Å². The van der Waals surface area contributed by atoms with Crippen molar-refractivity contribution in [1.82, 2.24) is 15.4 Å². The van der Waals surface area contributed by atoms with Crippen LogP contribution in [0.3, 0.4) is 0 Å². The zero-order valence-corrected chi connectivity index (χ0v) is 13.9. The lowest BCUT2D eigenvalue weighted by Crippen LogP contribution is -2.20. The normalized spacial score (nSPS) is 11.5. The molecule has 0 unspecified atom stereocenters. The molecular formula is C19H18N4O. The van der Waals surface area contributed by atoms with E-state index >= 15 is 0 Å². The summed E-state index contributed by atoms with van der Waals surface area (Å²) >= 11 is 0. The van der Waals surface area contributed by atoms with Crippen molar-refractivity contribution < 1.29 is 4.79 Å². The van der Waals surface area contributed by atoms with Crippen LogP contribution in [0.25, 0.3) is 10.9 Å². The number of nitrogens with zero attached hydrogens (tertiary/aromatic N) is 3. The molecule has 1 amide bonds. The summed E-state index contributed by atoms with van der Waals surface area (Å²) in [7, 11) is 0. The molecule has 0 aliphatic rings. The van der Waals surface area contributed by atoms with Crippen LogP contribution in [0.1, 0.15) is 34.1 Å². The Hall–Kier alpha value is -3.08. The van der Waals surface area contributed by atoms with Crippen molar-refractivity contribution in [2.75, 3.05) is 0 Å². The van der Waals surface area contributed by atoms with E-state index in [-0.39, 0.29) is 5.91 Å². The average Bonchev–Trinajstić information content (AvgIpc) is 2.59. The zero-order chi connectivity index (χ0) is 17.1. The number of nitrogens with one attached hydrogen (secondary N) is 1.